The quantitative estimate of drug-likeness (QED) is 0.701. The molecule has 17 heavy (non-hydrogen) atoms. The molecule has 0 saturated carbocycles. The number of hydrogen-bond acceptors (Lipinski definition) is 3. The first-order chi connectivity index (χ1) is 7.90. The van der Waals surface area contributed by atoms with Crippen LogP contribution < -0.4 is 5.73 Å². The van der Waals surface area contributed by atoms with Crippen molar-refractivity contribution in [2.45, 2.75) is 59.0 Å². The van der Waals surface area contributed by atoms with Crippen LogP contribution in [0.25, 0.3) is 0 Å². The monoisotopic (exact) mass is 244 g/mol. The van der Waals surface area contributed by atoms with Gasteiger partial charge in [-0.2, -0.15) is 0 Å². The minimum Gasteiger partial charge on any atom is -0.444 e. The van der Waals surface area contributed by atoms with Crippen molar-refractivity contribution in [3.63, 3.8) is 0 Å². The van der Waals surface area contributed by atoms with Crippen molar-refractivity contribution in [1.82, 2.24) is 4.90 Å². The molecule has 0 aliphatic rings. The Morgan fingerprint density at radius 3 is 2.24 bits per heavy atom. The van der Waals surface area contributed by atoms with Gasteiger partial charge in [0.1, 0.15) is 5.60 Å². The molecule has 0 atom stereocenters. The van der Waals surface area contributed by atoms with E-state index in [-0.39, 0.29) is 6.09 Å². The van der Waals surface area contributed by atoms with E-state index in [0.717, 1.165) is 32.2 Å². The lowest BCUT2D eigenvalue weighted by atomic mass is 10.2. The number of rotatable bonds is 7. The molecule has 4 heteroatoms. The van der Waals surface area contributed by atoms with E-state index in [0.29, 0.717) is 13.1 Å². The van der Waals surface area contributed by atoms with Crippen LogP contribution in [-0.4, -0.2) is 36.2 Å². The highest BCUT2D eigenvalue weighted by Crippen LogP contribution is 2.11. The van der Waals surface area contributed by atoms with Crippen molar-refractivity contribution in [2.75, 3.05) is 19.6 Å². The fraction of sp³-hybridized carbons (Fsp3) is 0.923. The van der Waals surface area contributed by atoms with Crippen LogP contribution in [0.3, 0.4) is 0 Å². The van der Waals surface area contributed by atoms with Gasteiger partial charge in [-0.3, -0.25) is 0 Å². The zero-order valence-electron chi connectivity index (χ0n) is 11.8. The van der Waals surface area contributed by atoms with Crippen molar-refractivity contribution < 1.29 is 9.53 Å². The molecule has 0 bridgehead atoms. The lowest BCUT2D eigenvalue weighted by Crippen LogP contribution is -2.38. The van der Waals surface area contributed by atoms with Crippen molar-refractivity contribution in [3.8, 4) is 0 Å². The molecule has 0 radical (unpaired) electrons. The fourth-order valence-corrected chi connectivity index (χ4v) is 1.46. The Morgan fingerprint density at radius 2 is 1.76 bits per heavy atom. The number of amides is 1. The molecular weight excluding hydrogens is 216 g/mol. The summed E-state index contributed by atoms with van der Waals surface area (Å²) in [4.78, 5) is 13.7. The van der Waals surface area contributed by atoms with Crippen LogP contribution in [0.4, 0.5) is 4.79 Å². The third kappa shape index (κ3) is 8.98. The highest BCUT2D eigenvalue weighted by atomic mass is 16.6. The van der Waals surface area contributed by atoms with Gasteiger partial charge >= 0.3 is 6.09 Å². The molecular formula is C13H28N2O2. The summed E-state index contributed by atoms with van der Waals surface area (Å²) in [7, 11) is 0. The highest BCUT2D eigenvalue weighted by molar-refractivity contribution is 5.68. The number of unbranched alkanes of at least 4 members (excludes halogenated alkanes) is 2. The molecule has 0 aromatic heterocycles. The van der Waals surface area contributed by atoms with E-state index in [4.69, 9.17) is 10.5 Å². The summed E-state index contributed by atoms with van der Waals surface area (Å²) in [5.74, 6) is 0. The van der Waals surface area contributed by atoms with Gasteiger partial charge in [-0.25, -0.2) is 4.79 Å². The van der Waals surface area contributed by atoms with Crippen LogP contribution in [0.15, 0.2) is 0 Å². The molecule has 0 aromatic carbocycles. The maximum absolute atomic E-state index is 11.9. The minimum atomic E-state index is -0.428. The number of nitrogens with two attached hydrogens (primary N) is 1. The van der Waals surface area contributed by atoms with E-state index in [1.54, 1.807) is 4.90 Å². The zero-order valence-corrected chi connectivity index (χ0v) is 11.8. The van der Waals surface area contributed by atoms with E-state index < -0.39 is 5.60 Å². The first-order valence-electron chi connectivity index (χ1n) is 6.58. The van der Waals surface area contributed by atoms with E-state index in [1.165, 1.54) is 0 Å². The first-order valence-corrected chi connectivity index (χ1v) is 6.58. The van der Waals surface area contributed by atoms with Crippen LogP contribution in [0.5, 0.6) is 0 Å². The molecule has 1 amide bonds. The second-order valence-electron chi connectivity index (χ2n) is 5.32. The van der Waals surface area contributed by atoms with Crippen molar-refractivity contribution in [3.05, 3.63) is 0 Å². The summed E-state index contributed by atoms with van der Waals surface area (Å²) in [5.41, 5.74) is 5.05. The summed E-state index contributed by atoms with van der Waals surface area (Å²) < 4.78 is 5.37. The molecule has 4 nitrogen and oxygen atoms in total. The average Bonchev–Trinajstić information content (AvgIpc) is 2.20. The summed E-state index contributed by atoms with van der Waals surface area (Å²) >= 11 is 0. The molecule has 0 unspecified atom stereocenters. The van der Waals surface area contributed by atoms with E-state index in [1.807, 2.05) is 20.8 Å². The van der Waals surface area contributed by atoms with Crippen molar-refractivity contribution >= 4 is 6.09 Å². The van der Waals surface area contributed by atoms with Crippen LogP contribution in [0, 0.1) is 0 Å². The standard InChI is InChI=1S/C13H28N2O2/c1-5-6-7-10-15(11-8-9-14)12(16)17-13(2,3)4/h5-11,14H2,1-4H3. The van der Waals surface area contributed by atoms with Gasteiger partial charge < -0.3 is 15.4 Å². The Balaban J connectivity index is 4.19. The largest absolute Gasteiger partial charge is 0.444 e. The molecule has 102 valence electrons. The van der Waals surface area contributed by atoms with Crippen LogP contribution >= 0.6 is 0 Å². The lowest BCUT2D eigenvalue weighted by Gasteiger charge is -2.27. The molecule has 0 spiro atoms. The summed E-state index contributed by atoms with van der Waals surface area (Å²) in [5, 5.41) is 0. The molecule has 0 saturated heterocycles. The Hall–Kier alpha value is -0.770. The smallest absolute Gasteiger partial charge is 0.410 e. The zero-order chi connectivity index (χ0) is 13.3. The van der Waals surface area contributed by atoms with Crippen molar-refractivity contribution in [2.24, 2.45) is 5.73 Å². The number of ether oxygens (including phenoxy) is 1. The molecule has 0 rings (SSSR count). The topological polar surface area (TPSA) is 55.6 Å². The fourth-order valence-electron chi connectivity index (χ4n) is 1.46. The third-order valence-corrected chi connectivity index (χ3v) is 2.32. The van der Waals surface area contributed by atoms with Gasteiger partial charge in [-0.15, -0.1) is 0 Å². The van der Waals surface area contributed by atoms with E-state index >= 15 is 0 Å². The second kappa shape index (κ2) is 8.34. The van der Waals surface area contributed by atoms with Gasteiger partial charge in [0, 0.05) is 13.1 Å². The molecule has 0 fully saturated rings. The summed E-state index contributed by atoms with van der Waals surface area (Å²) in [6.45, 7) is 9.87. The number of nitrogens with zero attached hydrogens (tertiary/aromatic N) is 1. The van der Waals surface area contributed by atoms with Gasteiger partial charge in [0.2, 0.25) is 0 Å². The Labute approximate surface area is 105 Å². The van der Waals surface area contributed by atoms with Gasteiger partial charge in [0.15, 0.2) is 0 Å². The molecule has 0 aromatic rings. The molecule has 0 heterocycles. The minimum absolute atomic E-state index is 0.220. The normalized spacial score (nSPS) is 11.4. The van der Waals surface area contributed by atoms with Gasteiger partial charge in [-0.05, 0) is 40.2 Å². The molecule has 0 aliphatic carbocycles. The predicted octanol–water partition coefficient (Wildman–Crippen LogP) is 2.76. The van der Waals surface area contributed by atoms with Crippen LogP contribution in [0.1, 0.15) is 53.4 Å². The first kappa shape index (κ1) is 16.2. The highest BCUT2D eigenvalue weighted by Gasteiger charge is 2.21. The number of hydrogen-bond donors (Lipinski definition) is 1. The van der Waals surface area contributed by atoms with Gasteiger partial charge in [0.25, 0.3) is 0 Å². The van der Waals surface area contributed by atoms with Gasteiger partial charge in [0.05, 0.1) is 0 Å². The SMILES string of the molecule is CCCCCN(CCCN)C(=O)OC(C)(C)C. The molecule has 2 N–H and O–H groups in total. The number of carbonyl (C=O) groups is 1. The maximum atomic E-state index is 11.9. The lowest BCUT2D eigenvalue weighted by molar-refractivity contribution is 0.0246. The van der Waals surface area contributed by atoms with Crippen LogP contribution in [-0.2, 0) is 4.74 Å². The Kier molecular flexibility index (Phi) is 7.96. The predicted molar refractivity (Wildman–Crippen MR) is 71.0 cm³/mol. The maximum Gasteiger partial charge on any atom is 0.410 e. The molecule has 0 aliphatic heterocycles. The summed E-state index contributed by atoms with van der Waals surface area (Å²) in [6.07, 6.45) is 3.93. The number of carbonyl (C=O) groups excluding carboxylic acids is 1. The Bertz CT molecular complexity index is 212. The van der Waals surface area contributed by atoms with E-state index in [9.17, 15) is 4.79 Å². The summed E-state index contributed by atoms with van der Waals surface area (Å²) in [6, 6.07) is 0. The average molecular weight is 244 g/mol. The second-order valence-corrected chi connectivity index (χ2v) is 5.32. The van der Waals surface area contributed by atoms with E-state index in [2.05, 4.69) is 6.92 Å². The Morgan fingerprint density at radius 1 is 1.18 bits per heavy atom. The van der Waals surface area contributed by atoms with Gasteiger partial charge in [-0.1, -0.05) is 19.8 Å². The van der Waals surface area contributed by atoms with Crippen molar-refractivity contribution in [1.29, 1.82) is 0 Å². The van der Waals surface area contributed by atoms with Crippen LogP contribution in [0.2, 0.25) is 0 Å². The third-order valence-electron chi connectivity index (χ3n) is 2.32.